The highest BCUT2D eigenvalue weighted by atomic mass is 16.5. The second-order valence-electron chi connectivity index (χ2n) is 5.65. The number of carbonyl (C=O) groups is 1. The summed E-state index contributed by atoms with van der Waals surface area (Å²) in [5.74, 6) is 0.308. The SMILES string of the molecule is Cc1cc(NC(=O)[C@H](C)N2CCC[C@@H]2Cn2cncn2)on1. The largest absolute Gasteiger partial charge is 0.338 e. The first-order valence-corrected chi connectivity index (χ1v) is 7.46. The van der Waals surface area contributed by atoms with Gasteiger partial charge in [-0.15, -0.1) is 0 Å². The van der Waals surface area contributed by atoms with Crippen LogP contribution >= 0.6 is 0 Å². The Morgan fingerprint density at radius 3 is 3.14 bits per heavy atom. The maximum absolute atomic E-state index is 12.4. The molecule has 8 nitrogen and oxygen atoms in total. The van der Waals surface area contributed by atoms with E-state index in [0.29, 0.717) is 11.9 Å². The molecule has 0 spiro atoms. The summed E-state index contributed by atoms with van der Waals surface area (Å²) in [6, 6.07) is 1.77. The molecule has 1 fully saturated rings. The van der Waals surface area contributed by atoms with Gasteiger partial charge in [0.2, 0.25) is 11.8 Å². The molecular formula is C14H20N6O2. The van der Waals surface area contributed by atoms with Gasteiger partial charge in [-0.05, 0) is 33.2 Å². The third-order valence-corrected chi connectivity index (χ3v) is 4.04. The Labute approximate surface area is 128 Å². The van der Waals surface area contributed by atoms with Crippen LogP contribution in [0.15, 0.2) is 23.2 Å². The smallest absolute Gasteiger partial charge is 0.243 e. The highest BCUT2D eigenvalue weighted by molar-refractivity contribution is 5.93. The van der Waals surface area contributed by atoms with Crippen LogP contribution in [0.1, 0.15) is 25.5 Å². The first-order valence-electron chi connectivity index (χ1n) is 7.46. The molecule has 2 aromatic heterocycles. The molecule has 22 heavy (non-hydrogen) atoms. The number of aryl methyl sites for hydroxylation is 1. The van der Waals surface area contributed by atoms with E-state index in [-0.39, 0.29) is 11.9 Å². The summed E-state index contributed by atoms with van der Waals surface area (Å²) in [7, 11) is 0. The molecule has 1 aliphatic rings. The van der Waals surface area contributed by atoms with Gasteiger partial charge in [-0.2, -0.15) is 5.10 Å². The average Bonchev–Trinajstić information content (AvgIpc) is 3.21. The number of likely N-dealkylation sites (tertiary alicyclic amines) is 1. The van der Waals surface area contributed by atoms with Crippen molar-refractivity contribution < 1.29 is 9.32 Å². The number of hydrogen-bond donors (Lipinski definition) is 1. The Balaban J connectivity index is 1.62. The molecular weight excluding hydrogens is 284 g/mol. The van der Waals surface area contributed by atoms with E-state index in [4.69, 9.17) is 4.52 Å². The molecule has 1 N–H and O–H groups in total. The van der Waals surface area contributed by atoms with Crippen LogP contribution in [0.4, 0.5) is 5.88 Å². The maximum atomic E-state index is 12.4. The van der Waals surface area contributed by atoms with Gasteiger partial charge in [0.25, 0.3) is 0 Å². The molecule has 3 rings (SSSR count). The van der Waals surface area contributed by atoms with Crippen molar-refractivity contribution in [3.8, 4) is 0 Å². The van der Waals surface area contributed by atoms with Crippen molar-refractivity contribution in [2.45, 2.75) is 45.3 Å². The molecule has 0 aromatic carbocycles. The Bertz CT molecular complexity index is 623. The zero-order chi connectivity index (χ0) is 15.5. The van der Waals surface area contributed by atoms with Crippen LogP contribution in [0.25, 0.3) is 0 Å². The van der Waals surface area contributed by atoms with E-state index in [9.17, 15) is 4.79 Å². The van der Waals surface area contributed by atoms with Crippen LogP contribution in [0.5, 0.6) is 0 Å². The highest BCUT2D eigenvalue weighted by Gasteiger charge is 2.32. The predicted octanol–water partition coefficient (Wildman–Crippen LogP) is 1.07. The lowest BCUT2D eigenvalue weighted by atomic mass is 10.2. The Kier molecular flexibility index (Phi) is 4.19. The fourth-order valence-corrected chi connectivity index (χ4v) is 2.91. The molecule has 1 aliphatic heterocycles. The number of anilines is 1. The molecule has 0 aliphatic carbocycles. The van der Waals surface area contributed by atoms with Crippen molar-refractivity contribution >= 4 is 11.8 Å². The minimum absolute atomic E-state index is 0.0818. The zero-order valence-electron chi connectivity index (χ0n) is 12.8. The van der Waals surface area contributed by atoms with Crippen molar-refractivity contribution in [1.29, 1.82) is 0 Å². The minimum Gasteiger partial charge on any atom is -0.338 e. The van der Waals surface area contributed by atoms with Crippen LogP contribution in [-0.2, 0) is 11.3 Å². The van der Waals surface area contributed by atoms with E-state index in [1.54, 1.807) is 12.4 Å². The highest BCUT2D eigenvalue weighted by Crippen LogP contribution is 2.22. The van der Waals surface area contributed by atoms with Crippen molar-refractivity contribution in [3.05, 3.63) is 24.4 Å². The molecule has 1 amide bonds. The normalized spacial score (nSPS) is 20.2. The fraction of sp³-hybridized carbons (Fsp3) is 0.571. The van der Waals surface area contributed by atoms with Gasteiger partial charge in [0, 0.05) is 12.1 Å². The van der Waals surface area contributed by atoms with Crippen molar-refractivity contribution in [3.63, 3.8) is 0 Å². The van der Waals surface area contributed by atoms with Crippen molar-refractivity contribution in [2.75, 3.05) is 11.9 Å². The molecule has 8 heteroatoms. The lowest BCUT2D eigenvalue weighted by molar-refractivity contribution is -0.121. The van der Waals surface area contributed by atoms with Gasteiger partial charge in [0.05, 0.1) is 18.3 Å². The number of carbonyl (C=O) groups excluding carboxylic acids is 1. The first-order chi connectivity index (χ1) is 10.6. The first kappa shape index (κ1) is 14.7. The van der Waals surface area contributed by atoms with Crippen LogP contribution in [-0.4, -0.2) is 49.4 Å². The number of nitrogens with one attached hydrogen (secondary N) is 1. The van der Waals surface area contributed by atoms with Gasteiger partial charge >= 0.3 is 0 Å². The molecule has 1 saturated heterocycles. The summed E-state index contributed by atoms with van der Waals surface area (Å²) >= 11 is 0. The third kappa shape index (κ3) is 3.16. The van der Waals surface area contributed by atoms with Crippen LogP contribution < -0.4 is 5.32 Å². The topological polar surface area (TPSA) is 89.1 Å². The standard InChI is InChI=1S/C14H20N6O2/c1-10-6-13(22-18-10)17-14(21)11(2)20-5-3-4-12(20)7-19-9-15-8-16-19/h6,8-9,11-12H,3-5,7H2,1-2H3,(H,17,21)/t11-,12+/m0/s1. The van der Waals surface area contributed by atoms with Crippen molar-refractivity contribution in [1.82, 2.24) is 24.8 Å². The van der Waals surface area contributed by atoms with E-state index < -0.39 is 0 Å². The second-order valence-corrected chi connectivity index (χ2v) is 5.65. The monoisotopic (exact) mass is 304 g/mol. The molecule has 0 bridgehead atoms. The van der Waals surface area contributed by atoms with Gasteiger partial charge in [-0.1, -0.05) is 5.16 Å². The Morgan fingerprint density at radius 1 is 1.59 bits per heavy atom. The number of rotatable bonds is 5. The van der Waals surface area contributed by atoms with E-state index in [0.717, 1.165) is 31.6 Å². The summed E-state index contributed by atoms with van der Waals surface area (Å²) in [6.07, 6.45) is 5.37. The van der Waals surface area contributed by atoms with Crippen LogP contribution in [0, 0.1) is 6.92 Å². The van der Waals surface area contributed by atoms with Gasteiger partial charge < -0.3 is 4.52 Å². The summed E-state index contributed by atoms with van der Waals surface area (Å²) in [5, 5.41) is 10.7. The predicted molar refractivity (Wildman–Crippen MR) is 79.1 cm³/mol. The summed E-state index contributed by atoms with van der Waals surface area (Å²) in [6.45, 7) is 5.39. The zero-order valence-corrected chi connectivity index (χ0v) is 12.8. The fourth-order valence-electron chi connectivity index (χ4n) is 2.91. The van der Waals surface area contributed by atoms with E-state index in [1.165, 1.54) is 6.33 Å². The van der Waals surface area contributed by atoms with E-state index in [2.05, 4.69) is 25.5 Å². The molecule has 3 heterocycles. The van der Waals surface area contributed by atoms with Gasteiger partial charge in [-0.25, -0.2) is 4.98 Å². The lowest BCUT2D eigenvalue weighted by Gasteiger charge is -2.29. The molecule has 0 unspecified atom stereocenters. The number of amides is 1. The van der Waals surface area contributed by atoms with Gasteiger partial charge in [0.15, 0.2) is 0 Å². The Hall–Kier alpha value is -2.22. The minimum atomic E-state index is -0.235. The van der Waals surface area contributed by atoms with Gasteiger partial charge in [0.1, 0.15) is 12.7 Å². The van der Waals surface area contributed by atoms with Gasteiger partial charge in [-0.3, -0.25) is 19.7 Å². The van der Waals surface area contributed by atoms with Crippen molar-refractivity contribution in [2.24, 2.45) is 0 Å². The second kappa shape index (κ2) is 6.27. The summed E-state index contributed by atoms with van der Waals surface area (Å²) in [5.41, 5.74) is 0.744. The number of nitrogens with zero attached hydrogens (tertiary/aromatic N) is 5. The lowest BCUT2D eigenvalue weighted by Crippen LogP contribution is -2.46. The molecule has 2 aromatic rings. The number of aromatic nitrogens is 4. The van der Waals surface area contributed by atoms with E-state index >= 15 is 0 Å². The third-order valence-electron chi connectivity index (χ3n) is 4.04. The average molecular weight is 304 g/mol. The summed E-state index contributed by atoms with van der Waals surface area (Å²) in [4.78, 5) is 18.6. The quantitative estimate of drug-likeness (QED) is 0.888. The maximum Gasteiger partial charge on any atom is 0.243 e. The molecule has 0 radical (unpaired) electrons. The number of hydrogen-bond acceptors (Lipinski definition) is 6. The molecule has 2 atom stereocenters. The Morgan fingerprint density at radius 2 is 2.45 bits per heavy atom. The van der Waals surface area contributed by atoms with Crippen LogP contribution in [0.3, 0.4) is 0 Å². The van der Waals surface area contributed by atoms with Crippen LogP contribution in [0.2, 0.25) is 0 Å². The summed E-state index contributed by atoms with van der Waals surface area (Å²) < 4.78 is 6.85. The molecule has 0 saturated carbocycles. The van der Waals surface area contributed by atoms with E-state index in [1.807, 2.05) is 18.5 Å². The molecule has 118 valence electrons.